The maximum atomic E-state index is 11.3. The van der Waals surface area contributed by atoms with Gasteiger partial charge >= 0.3 is 5.69 Å². The summed E-state index contributed by atoms with van der Waals surface area (Å²) in [5, 5.41) is 0. The smallest absolute Gasteiger partial charge is 0.312 e. The summed E-state index contributed by atoms with van der Waals surface area (Å²) in [4.78, 5) is 27.4. The lowest BCUT2D eigenvalue weighted by atomic mass is 9.99. The van der Waals surface area contributed by atoms with Gasteiger partial charge in [-0.05, 0) is 29.8 Å². The number of rotatable bonds is 4. The fourth-order valence-corrected chi connectivity index (χ4v) is 4.19. The van der Waals surface area contributed by atoms with E-state index in [0.717, 1.165) is 67.1 Å². The summed E-state index contributed by atoms with van der Waals surface area (Å²) >= 11 is 0. The van der Waals surface area contributed by atoms with Gasteiger partial charge in [-0.15, -0.1) is 0 Å². The monoisotopic (exact) mass is 399 g/mol. The molecule has 0 atom stereocenters. The van der Waals surface area contributed by atoms with Crippen molar-refractivity contribution in [2.45, 2.75) is 13.0 Å². The molecule has 1 aliphatic carbocycles. The number of allylic oxidation sites excluding steroid dienone is 1. The zero-order valence-electron chi connectivity index (χ0n) is 17.1. The summed E-state index contributed by atoms with van der Waals surface area (Å²) < 4.78 is 0. The van der Waals surface area contributed by atoms with E-state index in [4.69, 9.17) is 4.98 Å². The van der Waals surface area contributed by atoms with Crippen molar-refractivity contribution >= 4 is 5.57 Å². The van der Waals surface area contributed by atoms with Gasteiger partial charge in [0.05, 0.1) is 5.69 Å². The Morgan fingerprint density at radius 1 is 0.967 bits per heavy atom. The molecule has 0 bridgehead atoms. The van der Waals surface area contributed by atoms with Gasteiger partial charge in [0.2, 0.25) is 0 Å². The normalized spacial score (nSPS) is 17.0. The molecule has 0 unspecified atom stereocenters. The Kier molecular flexibility index (Phi) is 5.02. The fourth-order valence-electron chi connectivity index (χ4n) is 4.19. The highest BCUT2D eigenvalue weighted by atomic mass is 16.1. The van der Waals surface area contributed by atoms with Crippen LogP contribution in [-0.4, -0.2) is 58.0 Å². The molecule has 1 fully saturated rings. The maximum Gasteiger partial charge on any atom is 0.344 e. The van der Waals surface area contributed by atoms with Crippen molar-refractivity contribution in [2.75, 3.05) is 33.2 Å². The Morgan fingerprint density at radius 3 is 2.47 bits per heavy atom. The first-order chi connectivity index (χ1) is 14.7. The second kappa shape index (κ2) is 7.97. The summed E-state index contributed by atoms with van der Waals surface area (Å²) in [5.74, 6) is 0. The predicted molar refractivity (Wildman–Crippen MR) is 118 cm³/mol. The summed E-state index contributed by atoms with van der Waals surface area (Å²) in [6, 6.07) is 11.0. The molecule has 6 heteroatoms. The molecule has 2 aromatic heterocycles. The van der Waals surface area contributed by atoms with Crippen molar-refractivity contribution in [3.63, 3.8) is 0 Å². The Bertz CT molecular complexity index is 1120. The number of nitrogens with zero attached hydrogens (tertiary/aromatic N) is 4. The molecule has 5 rings (SSSR count). The summed E-state index contributed by atoms with van der Waals surface area (Å²) in [5.41, 5.74) is 7.45. The van der Waals surface area contributed by atoms with Crippen LogP contribution in [0.1, 0.15) is 22.4 Å². The summed E-state index contributed by atoms with van der Waals surface area (Å²) in [7, 11) is 2.19. The topological polar surface area (TPSA) is 65.1 Å². The van der Waals surface area contributed by atoms with Crippen molar-refractivity contribution in [2.24, 2.45) is 0 Å². The van der Waals surface area contributed by atoms with E-state index in [9.17, 15) is 4.79 Å². The Morgan fingerprint density at radius 2 is 1.73 bits per heavy atom. The van der Waals surface area contributed by atoms with Crippen LogP contribution in [0.25, 0.3) is 16.7 Å². The van der Waals surface area contributed by atoms with E-state index in [1.165, 1.54) is 11.1 Å². The summed E-state index contributed by atoms with van der Waals surface area (Å²) in [6.45, 7) is 5.53. The Balaban J connectivity index is 1.35. The SMILES string of the molecule is CN1CCN(Cc2ccc(-c3cnc4c(c3)C(c3cnc(=O)[nH]c3)=CC4)cc2)CC1. The molecule has 3 aromatic rings. The van der Waals surface area contributed by atoms with Crippen LogP contribution < -0.4 is 5.69 Å². The molecular formula is C24H25N5O. The molecule has 0 radical (unpaired) electrons. The number of H-pyrrole nitrogens is 1. The van der Waals surface area contributed by atoms with Gasteiger partial charge in [0.1, 0.15) is 0 Å². The van der Waals surface area contributed by atoms with E-state index in [1.807, 2.05) is 6.20 Å². The molecule has 30 heavy (non-hydrogen) atoms. The van der Waals surface area contributed by atoms with Crippen LogP contribution >= 0.6 is 0 Å². The number of aromatic amines is 1. The molecule has 1 aliphatic heterocycles. The van der Waals surface area contributed by atoms with Gasteiger partial charge in [-0.1, -0.05) is 30.3 Å². The molecular weight excluding hydrogens is 374 g/mol. The zero-order chi connectivity index (χ0) is 20.5. The number of benzene rings is 1. The predicted octanol–water partition coefficient (Wildman–Crippen LogP) is 2.57. The van der Waals surface area contributed by atoms with Gasteiger partial charge in [0.15, 0.2) is 0 Å². The lowest BCUT2D eigenvalue weighted by Gasteiger charge is -2.32. The van der Waals surface area contributed by atoms with Crippen molar-refractivity contribution in [3.8, 4) is 11.1 Å². The standard InChI is InChI=1S/C24H25N5O/c1-28-8-10-29(11-9-28)16-17-2-4-18(5-3-17)19-12-22-21(6-7-23(22)25-13-19)20-14-26-24(30)27-15-20/h2-6,12-15H,7-11,16H2,1H3,(H,26,27,30). The van der Waals surface area contributed by atoms with Gasteiger partial charge in [-0.3, -0.25) is 9.88 Å². The lowest BCUT2D eigenvalue weighted by Crippen LogP contribution is -2.43. The van der Waals surface area contributed by atoms with Gasteiger partial charge in [0, 0.05) is 74.4 Å². The fraction of sp³-hybridized carbons (Fsp3) is 0.292. The minimum Gasteiger partial charge on any atom is -0.312 e. The number of fused-ring (bicyclic) bond motifs is 1. The molecule has 1 aromatic carbocycles. The number of hydrogen-bond acceptors (Lipinski definition) is 5. The third-order valence-corrected chi connectivity index (χ3v) is 6.03. The number of pyridine rings is 1. The first-order valence-corrected chi connectivity index (χ1v) is 10.4. The third kappa shape index (κ3) is 3.84. The highest BCUT2D eigenvalue weighted by molar-refractivity contribution is 5.85. The molecule has 0 spiro atoms. The van der Waals surface area contributed by atoms with Crippen molar-refractivity contribution < 1.29 is 0 Å². The average molecular weight is 399 g/mol. The van der Waals surface area contributed by atoms with Crippen molar-refractivity contribution in [1.82, 2.24) is 24.8 Å². The second-order valence-electron chi connectivity index (χ2n) is 8.12. The van der Waals surface area contributed by atoms with Crippen LogP contribution in [0, 0.1) is 0 Å². The van der Waals surface area contributed by atoms with Crippen LogP contribution in [0.4, 0.5) is 0 Å². The number of likely N-dealkylation sites (N-methyl/N-ethyl adjacent to an activating group) is 1. The van der Waals surface area contributed by atoms with Gasteiger partial charge in [-0.25, -0.2) is 9.78 Å². The van der Waals surface area contributed by atoms with Crippen LogP contribution in [-0.2, 0) is 13.0 Å². The quantitative estimate of drug-likeness (QED) is 0.731. The second-order valence-corrected chi connectivity index (χ2v) is 8.12. The summed E-state index contributed by atoms with van der Waals surface area (Å²) in [6.07, 6.45) is 8.25. The van der Waals surface area contributed by atoms with Gasteiger partial charge < -0.3 is 9.88 Å². The third-order valence-electron chi connectivity index (χ3n) is 6.03. The number of nitrogens with one attached hydrogen (secondary N) is 1. The van der Waals surface area contributed by atoms with E-state index in [2.05, 4.69) is 63.2 Å². The van der Waals surface area contributed by atoms with Crippen molar-refractivity contribution in [1.29, 1.82) is 0 Å². The molecule has 3 heterocycles. The highest BCUT2D eigenvalue weighted by Gasteiger charge is 2.18. The number of hydrogen-bond donors (Lipinski definition) is 1. The number of aromatic nitrogens is 3. The molecule has 0 saturated carbocycles. The first-order valence-electron chi connectivity index (χ1n) is 10.4. The molecule has 6 nitrogen and oxygen atoms in total. The van der Waals surface area contributed by atoms with E-state index in [0.29, 0.717) is 0 Å². The Hall–Kier alpha value is -3.09. The highest BCUT2D eigenvalue weighted by Crippen LogP contribution is 2.33. The Labute approximate surface area is 175 Å². The van der Waals surface area contributed by atoms with Crippen LogP contribution in [0.15, 0.2) is 59.8 Å². The molecule has 2 aliphatic rings. The minimum absolute atomic E-state index is 0.332. The van der Waals surface area contributed by atoms with E-state index < -0.39 is 0 Å². The number of piperazine rings is 1. The minimum atomic E-state index is -0.332. The lowest BCUT2D eigenvalue weighted by molar-refractivity contribution is 0.148. The zero-order valence-corrected chi connectivity index (χ0v) is 17.1. The van der Waals surface area contributed by atoms with Gasteiger partial charge in [-0.2, -0.15) is 0 Å². The largest absolute Gasteiger partial charge is 0.344 e. The molecule has 1 N–H and O–H groups in total. The van der Waals surface area contributed by atoms with Crippen LogP contribution in [0.5, 0.6) is 0 Å². The van der Waals surface area contributed by atoms with Crippen LogP contribution in [0.2, 0.25) is 0 Å². The van der Waals surface area contributed by atoms with E-state index in [-0.39, 0.29) is 5.69 Å². The van der Waals surface area contributed by atoms with Crippen molar-refractivity contribution in [3.05, 3.63) is 87.9 Å². The molecule has 152 valence electrons. The van der Waals surface area contributed by atoms with E-state index in [1.54, 1.807) is 12.4 Å². The average Bonchev–Trinajstić information content (AvgIpc) is 3.20. The molecule has 0 amide bonds. The van der Waals surface area contributed by atoms with Gasteiger partial charge in [0.25, 0.3) is 0 Å². The van der Waals surface area contributed by atoms with Crippen LogP contribution in [0.3, 0.4) is 0 Å². The maximum absolute atomic E-state index is 11.3. The van der Waals surface area contributed by atoms with E-state index >= 15 is 0 Å². The first kappa shape index (κ1) is 18.9. The molecule has 1 saturated heterocycles.